The quantitative estimate of drug-likeness (QED) is 0.653. The van der Waals surface area contributed by atoms with Crippen molar-refractivity contribution in [1.29, 1.82) is 0 Å². The molecular formula is C16H16N3O+. The highest BCUT2D eigenvalue weighted by Gasteiger charge is 2.16. The fourth-order valence-corrected chi connectivity index (χ4v) is 2.23. The average Bonchev–Trinajstić information content (AvgIpc) is 2.53. The first-order valence-electron chi connectivity index (χ1n) is 6.63. The molecule has 20 heavy (non-hydrogen) atoms. The van der Waals surface area contributed by atoms with E-state index in [0.29, 0.717) is 5.56 Å². The van der Waals surface area contributed by atoms with Crippen molar-refractivity contribution in [3.05, 3.63) is 71.3 Å². The first kappa shape index (κ1) is 12.4. The van der Waals surface area contributed by atoms with Crippen LogP contribution in [0, 0.1) is 0 Å². The van der Waals surface area contributed by atoms with Crippen LogP contribution in [0.1, 0.15) is 21.5 Å². The highest BCUT2D eigenvalue weighted by Crippen LogP contribution is 2.10. The van der Waals surface area contributed by atoms with E-state index in [9.17, 15) is 4.79 Å². The van der Waals surface area contributed by atoms with Crippen LogP contribution >= 0.6 is 0 Å². The lowest BCUT2D eigenvalue weighted by Crippen LogP contribution is -2.46. The monoisotopic (exact) mass is 266 g/mol. The fourth-order valence-electron chi connectivity index (χ4n) is 2.23. The van der Waals surface area contributed by atoms with Gasteiger partial charge in [0.15, 0.2) is 6.54 Å². The summed E-state index contributed by atoms with van der Waals surface area (Å²) < 4.78 is 1.89. The van der Waals surface area contributed by atoms with Gasteiger partial charge in [0.05, 0.1) is 0 Å². The molecule has 0 saturated carbocycles. The number of rotatable bonds is 3. The highest BCUT2D eigenvalue weighted by molar-refractivity contribution is 5.93. The maximum Gasteiger partial charge on any atom is 0.273 e. The molecule has 0 aromatic heterocycles. The SMILES string of the molecule is O=C(NN[N+]1=Cc2ccccc2CC1)c1ccccc1. The van der Waals surface area contributed by atoms with Crippen molar-refractivity contribution in [3.8, 4) is 0 Å². The molecular weight excluding hydrogens is 250 g/mol. The lowest BCUT2D eigenvalue weighted by atomic mass is 10.0. The molecule has 0 aliphatic carbocycles. The van der Waals surface area contributed by atoms with E-state index >= 15 is 0 Å². The molecule has 0 bridgehead atoms. The van der Waals surface area contributed by atoms with E-state index in [0.717, 1.165) is 13.0 Å². The number of carbonyl (C=O) groups excluding carboxylic acids is 1. The van der Waals surface area contributed by atoms with Crippen LogP contribution in [0.3, 0.4) is 0 Å². The number of amides is 1. The Morgan fingerprint density at radius 2 is 1.75 bits per heavy atom. The second-order valence-corrected chi connectivity index (χ2v) is 4.70. The van der Waals surface area contributed by atoms with Crippen LogP contribution in [0.15, 0.2) is 54.6 Å². The maximum atomic E-state index is 11.9. The third-order valence-corrected chi connectivity index (χ3v) is 3.32. The van der Waals surface area contributed by atoms with Gasteiger partial charge in [-0.3, -0.25) is 4.79 Å². The van der Waals surface area contributed by atoms with E-state index in [1.807, 2.05) is 41.2 Å². The Bertz CT molecular complexity index is 650. The number of fused-ring (bicyclic) bond motifs is 1. The molecule has 2 aromatic carbocycles. The minimum Gasteiger partial charge on any atom is -0.267 e. The number of carbonyl (C=O) groups is 1. The second-order valence-electron chi connectivity index (χ2n) is 4.70. The Balaban J connectivity index is 1.65. The Labute approximate surface area is 117 Å². The maximum absolute atomic E-state index is 11.9. The van der Waals surface area contributed by atoms with Gasteiger partial charge in [0.1, 0.15) is 0 Å². The predicted octanol–water partition coefficient (Wildman–Crippen LogP) is 1.52. The van der Waals surface area contributed by atoms with Crippen molar-refractivity contribution in [2.45, 2.75) is 6.42 Å². The number of hydrazone groups is 1. The van der Waals surface area contributed by atoms with Crippen LogP contribution in [0.4, 0.5) is 0 Å². The lowest BCUT2D eigenvalue weighted by Gasteiger charge is -2.12. The molecule has 0 saturated heterocycles. The van der Waals surface area contributed by atoms with Crippen LogP contribution in [0.5, 0.6) is 0 Å². The smallest absolute Gasteiger partial charge is 0.267 e. The van der Waals surface area contributed by atoms with E-state index in [1.54, 1.807) is 12.1 Å². The van der Waals surface area contributed by atoms with Gasteiger partial charge in [-0.25, -0.2) is 5.43 Å². The van der Waals surface area contributed by atoms with Gasteiger partial charge >= 0.3 is 0 Å². The minimum atomic E-state index is -0.141. The standard InChI is InChI=1S/C16H15N3O/c20-16(14-7-2-1-3-8-14)17-18-19-11-10-13-6-4-5-9-15(13)12-19/h1-9,12,18H,10-11H2/p+1. The molecule has 1 aliphatic rings. The summed E-state index contributed by atoms with van der Waals surface area (Å²) in [5, 5.41) is 0. The van der Waals surface area contributed by atoms with Crippen molar-refractivity contribution >= 4 is 12.1 Å². The van der Waals surface area contributed by atoms with E-state index < -0.39 is 0 Å². The summed E-state index contributed by atoms with van der Waals surface area (Å²) in [7, 11) is 0. The summed E-state index contributed by atoms with van der Waals surface area (Å²) in [4.78, 5) is 11.9. The summed E-state index contributed by atoms with van der Waals surface area (Å²) in [6.45, 7) is 0.825. The number of hydrogen-bond acceptors (Lipinski definition) is 2. The molecule has 100 valence electrons. The number of nitrogens with zero attached hydrogens (tertiary/aromatic N) is 1. The fraction of sp³-hybridized carbons (Fsp3) is 0.125. The van der Waals surface area contributed by atoms with Crippen molar-refractivity contribution in [1.82, 2.24) is 11.0 Å². The molecule has 2 aromatic rings. The van der Waals surface area contributed by atoms with Crippen molar-refractivity contribution in [2.75, 3.05) is 6.54 Å². The second kappa shape index (κ2) is 5.57. The van der Waals surface area contributed by atoms with Gasteiger partial charge in [-0.15, -0.1) is 4.68 Å². The largest absolute Gasteiger partial charge is 0.273 e. The number of hydrogen-bond donors (Lipinski definition) is 2. The zero-order chi connectivity index (χ0) is 13.8. The molecule has 4 nitrogen and oxygen atoms in total. The van der Waals surface area contributed by atoms with Gasteiger partial charge in [-0.2, -0.15) is 0 Å². The Hall–Kier alpha value is -2.62. The molecule has 4 heteroatoms. The normalized spacial score (nSPS) is 13.1. The number of nitrogens with one attached hydrogen (secondary N) is 2. The van der Waals surface area contributed by atoms with Gasteiger partial charge in [0, 0.05) is 17.5 Å². The molecule has 1 aliphatic heterocycles. The molecule has 0 radical (unpaired) electrons. The minimum absolute atomic E-state index is 0.141. The van der Waals surface area contributed by atoms with Crippen LogP contribution in [-0.2, 0) is 6.42 Å². The predicted molar refractivity (Wildman–Crippen MR) is 77.5 cm³/mol. The van der Waals surface area contributed by atoms with Gasteiger partial charge < -0.3 is 0 Å². The topological polar surface area (TPSA) is 44.1 Å². The third-order valence-electron chi connectivity index (χ3n) is 3.32. The van der Waals surface area contributed by atoms with E-state index in [1.165, 1.54) is 11.1 Å². The average molecular weight is 266 g/mol. The summed E-state index contributed by atoms with van der Waals surface area (Å²) >= 11 is 0. The van der Waals surface area contributed by atoms with Gasteiger partial charge in [-0.05, 0) is 23.8 Å². The molecule has 0 unspecified atom stereocenters. The molecule has 1 amide bonds. The number of hydrazine groups is 2. The molecule has 0 fully saturated rings. The molecule has 2 N–H and O–H groups in total. The van der Waals surface area contributed by atoms with Crippen LogP contribution in [-0.4, -0.2) is 23.4 Å². The van der Waals surface area contributed by atoms with Crippen molar-refractivity contribution in [3.63, 3.8) is 0 Å². The Morgan fingerprint density at radius 3 is 2.60 bits per heavy atom. The first-order valence-corrected chi connectivity index (χ1v) is 6.63. The highest BCUT2D eigenvalue weighted by atomic mass is 16.2. The summed E-state index contributed by atoms with van der Waals surface area (Å²) in [5.74, 6) is -0.141. The van der Waals surface area contributed by atoms with Gasteiger partial charge in [-0.1, -0.05) is 41.9 Å². The van der Waals surface area contributed by atoms with E-state index in [2.05, 4.69) is 23.1 Å². The van der Waals surface area contributed by atoms with E-state index in [-0.39, 0.29) is 5.91 Å². The number of benzene rings is 2. The first-order chi connectivity index (χ1) is 9.83. The van der Waals surface area contributed by atoms with E-state index in [4.69, 9.17) is 0 Å². The zero-order valence-electron chi connectivity index (χ0n) is 11.0. The van der Waals surface area contributed by atoms with Crippen LogP contribution in [0.25, 0.3) is 0 Å². The molecule has 0 spiro atoms. The van der Waals surface area contributed by atoms with Gasteiger partial charge in [0.2, 0.25) is 6.21 Å². The van der Waals surface area contributed by atoms with Crippen LogP contribution < -0.4 is 11.0 Å². The summed E-state index contributed by atoms with van der Waals surface area (Å²) in [5.41, 5.74) is 8.79. The third kappa shape index (κ3) is 2.69. The molecule has 3 rings (SSSR count). The van der Waals surface area contributed by atoms with Crippen molar-refractivity contribution < 1.29 is 9.48 Å². The summed E-state index contributed by atoms with van der Waals surface area (Å²) in [6, 6.07) is 17.4. The Morgan fingerprint density at radius 1 is 1.00 bits per heavy atom. The Kier molecular flexibility index (Phi) is 3.46. The zero-order valence-corrected chi connectivity index (χ0v) is 11.0. The van der Waals surface area contributed by atoms with Gasteiger partial charge in [0.25, 0.3) is 5.91 Å². The van der Waals surface area contributed by atoms with Crippen LogP contribution in [0.2, 0.25) is 0 Å². The van der Waals surface area contributed by atoms with Crippen molar-refractivity contribution in [2.24, 2.45) is 0 Å². The lowest BCUT2D eigenvalue weighted by molar-refractivity contribution is -0.591. The molecule has 0 atom stereocenters. The summed E-state index contributed by atoms with van der Waals surface area (Å²) in [6.07, 6.45) is 2.96. The molecule has 1 heterocycles.